The zero-order chi connectivity index (χ0) is 8.97. The molecule has 1 unspecified atom stereocenters. The molecular formula is C11H22O. The van der Waals surface area contributed by atoms with Gasteiger partial charge in [-0.3, -0.25) is 0 Å². The van der Waals surface area contributed by atoms with E-state index >= 15 is 0 Å². The van der Waals surface area contributed by atoms with Crippen molar-refractivity contribution in [2.45, 2.75) is 58.5 Å². The quantitative estimate of drug-likeness (QED) is 0.690. The molecular weight excluding hydrogens is 148 g/mol. The van der Waals surface area contributed by atoms with Crippen LogP contribution in [0.4, 0.5) is 0 Å². The molecule has 1 N–H and O–H groups in total. The summed E-state index contributed by atoms with van der Waals surface area (Å²) in [6.45, 7) is 4.21. The van der Waals surface area contributed by atoms with Crippen LogP contribution in [0.15, 0.2) is 0 Å². The van der Waals surface area contributed by atoms with E-state index in [1.54, 1.807) is 0 Å². The number of hydrogen-bond donors (Lipinski definition) is 1. The molecule has 0 aromatic carbocycles. The Morgan fingerprint density at radius 1 is 1.17 bits per heavy atom. The predicted molar refractivity (Wildman–Crippen MR) is 52.0 cm³/mol. The Bertz CT molecular complexity index is 114. The number of aliphatic hydroxyl groups excluding tert-OH is 1. The van der Waals surface area contributed by atoms with Gasteiger partial charge >= 0.3 is 0 Å². The maximum atomic E-state index is 9.68. The van der Waals surface area contributed by atoms with Gasteiger partial charge in [-0.15, -0.1) is 0 Å². The summed E-state index contributed by atoms with van der Waals surface area (Å²) in [5.41, 5.74) is 0. The summed E-state index contributed by atoms with van der Waals surface area (Å²) in [7, 11) is 0. The van der Waals surface area contributed by atoms with E-state index in [1.165, 1.54) is 32.1 Å². The molecule has 1 fully saturated rings. The molecule has 1 saturated carbocycles. The Kier molecular flexibility index (Phi) is 4.07. The van der Waals surface area contributed by atoms with Crippen LogP contribution in [0, 0.1) is 11.8 Å². The monoisotopic (exact) mass is 170 g/mol. The van der Waals surface area contributed by atoms with Crippen molar-refractivity contribution < 1.29 is 5.11 Å². The molecule has 0 heterocycles. The first-order chi connectivity index (χ1) is 5.70. The van der Waals surface area contributed by atoms with Crippen molar-refractivity contribution in [3.8, 4) is 0 Å². The summed E-state index contributed by atoms with van der Waals surface area (Å²) >= 11 is 0. The van der Waals surface area contributed by atoms with Crippen molar-refractivity contribution in [3.05, 3.63) is 0 Å². The molecule has 0 aromatic rings. The fourth-order valence-electron chi connectivity index (χ4n) is 2.04. The van der Waals surface area contributed by atoms with Crippen molar-refractivity contribution in [3.63, 3.8) is 0 Å². The molecule has 0 aromatic heterocycles. The molecule has 0 aliphatic heterocycles. The van der Waals surface area contributed by atoms with Crippen LogP contribution < -0.4 is 0 Å². The first-order valence-electron chi connectivity index (χ1n) is 5.38. The van der Waals surface area contributed by atoms with Crippen LogP contribution in [0.3, 0.4) is 0 Å². The van der Waals surface area contributed by atoms with Gasteiger partial charge in [-0.05, 0) is 18.3 Å². The van der Waals surface area contributed by atoms with E-state index in [9.17, 15) is 5.11 Å². The Morgan fingerprint density at radius 3 is 2.25 bits per heavy atom. The highest BCUT2D eigenvalue weighted by molar-refractivity contribution is 4.71. The average molecular weight is 170 g/mol. The van der Waals surface area contributed by atoms with Crippen molar-refractivity contribution in [2.24, 2.45) is 11.8 Å². The van der Waals surface area contributed by atoms with Crippen LogP contribution in [0.1, 0.15) is 52.4 Å². The lowest BCUT2D eigenvalue weighted by atomic mass is 9.83. The van der Waals surface area contributed by atoms with Crippen molar-refractivity contribution in [1.82, 2.24) is 0 Å². The molecule has 0 saturated heterocycles. The van der Waals surface area contributed by atoms with Crippen LogP contribution in [-0.4, -0.2) is 11.2 Å². The van der Waals surface area contributed by atoms with Crippen molar-refractivity contribution in [2.75, 3.05) is 0 Å². The van der Waals surface area contributed by atoms with Gasteiger partial charge in [0.2, 0.25) is 0 Å². The molecule has 0 bridgehead atoms. The number of rotatable bonds is 3. The Balaban J connectivity index is 2.20. The number of aliphatic hydroxyl groups is 1. The molecule has 1 nitrogen and oxygen atoms in total. The minimum Gasteiger partial charge on any atom is -0.393 e. The molecule has 0 amide bonds. The van der Waals surface area contributed by atoms with E-state index in [4.69, 9.17) is 0 Å². The topological polar surface area (TPSA) is 20.2 Å². The minimum atomic E-state index is -0.0619. The van der Waals surface area contributed by atoms with Gasteiger partial charge in [-0.25, -0.2) is 0 Å². The van der Waals surface area contributed by atoms with Gasteiger partial charge in [0.05, 0.1) is 6.10 Å². The van der Waals surface area contributed by atoms with Gasteiger partial charge in [0.15, 0.2) is 0 Å². The molecule has 1 heteroatoms. The third-order valence-corrected chi connectivity index (χ3v) is 3.07. The van der Waals surface area contributed by atoms with Crippen molar-refractivity contribution >= 4 is 0 Å². The lowest BCUT2D eigenvalue weighted by Gasteiger charge is -2.25. The summed E-state index contributed by atoms with van der Waals surface area (Å²) in [4.78, 5) is 0. The molecule has 1 aliphatic carbocycles. The summed E-state index contributed by atoms with van der Waals surface area (Å²) in [5, 5.41) is 9.68. The second-order valence-corrected chi connectivity index (χ2v) is 4.55. The Morgan fingerprint density at radius 2 is 1.75 bits per heavy atom. The van der Waals surface area contributed by atoms with E-state index in [2.05, 4.69) is 13.8 Å². The zero-order valence-corrected chi connectivity index (χ0v) is 8.42. The first kappa shape index (κ1) is 10.0. The van der Waals surface area contributed by atoms with Gasteiger partial charge in [0, 0.05) is 0 Å². The third kappa shape index (κ3) is 3.14. The first-order valence-corrected chi connectivity index (χ1v) is 5.38. The van der Waals surface area contributed by atoms with E-state index < -0.39 is 0 Å². The molecule has 0 spiro atoms. The largest absolute Gasteiger partial charge is 0.393 e. The number of hydrogen-bond acceptors (Lipinski definition) is 1. The van der Waals surface area contributed by atoms with Gasteiger partial charge in [0.25, 0.3) is 0 Å². The SMILES string of the molecule is CC(C)C(O)CC1CCCCC1. The maximum Gasteiger partial charge on any atom is 0.0565 e. The summed E-state index contributed by atoms with van der Waals surface area (Å²) in [5.74, 6) is 1.25. The molecule has 1 aliphatic rings. The van der Waals surface area contributed by atoms with E-state index in [-0.39, 0.29) is 6.10 Å². The van der Waals surface area contributed by atoms with Gasteiger partial charge in [-0.1, -0.05) is 46.0 Å². The fourth-order valence-corrected chi connectivity index (χ4v) is 2.04. The third-order valence-electron chi connectivity index (χ3n) is 3.07. The highest BCUT2D eigenvalue weighted by atomic mass is 16.3. The van der Waals surface area contributed by atoms with Gasteiger partial charge in [-0.2, -0.15) is 0 Å². The van der Waals surface area contributed by atoms with Crippen LogP contribution in [-0.2, 0) is 0 Å². The lowest BCUT2D eigenvalue weighted by Crippen LogP contribution is -2.20. The highest BCUT2D eigenvalue weighted by Gasteiger charge is 2.18. The maximum absolute atomic E-state index is 9.68. The average Bonchev–Trinajstić information content (AvgIpc) is 2.06. The zero-order valence-electron chi connectivity index (χ0n) is 8.42. The highest BCUT2D eigenvalue weighted by Crippen LogP contribution is 2.28. The van der Waals surface area contributed by atoms with Crippen LogP contribution in [0.5, 0.6) is 0 Å². The second kappa shape index (κ2) is 4.86. The minimum absolute atomic E-state index is 0.0619. The molecule has 1 rings (SSSR count). The lowest BCUT2D eigenvalue weighted by molar-refractivity contribution is 0.0887. The predicted octanol–water partition coefficient (Wildman–Crippen LogP) is 2.97. The summed E-state index contributed by atoms with van der Waals surface area (Å²) < 4.78 is 0. The molecule has 72 valence electrons. The van der Waals surface area contributed by atoms with E-state index in [0.29, 0.717) is 5.92 Å². The standard InChI is InChI=1S/C11H22O/c1-9(2)11(12)8-10-6-4-3-5-7-10/h9-12H,3-8H2,1-2H3. The summed E-state index contributed by atoms with van der Waals surface area (Å²) in [6, 6.07) is 0. The Labute approximate surface area is 76.2 Å². The van der Waals surface area contributed by atoms with E-state index in [1.807, 2.05) is 0 Å². The molecule has 12 heavy (non-hydrogen) atoms. The second-order valence-electron chi connectivity index (χ2n) is 4.55. The van der Waals surface area contributed by atoms with Crippen LogP contribution in [0.2, 0.25) is 0 Å². The van der Waals surface area contributed by atoms with Crippen molar-refractivity contribution in [1.29, 1.82) is 0 Å². The molecule has 1 atom stereocenters. The van der Waals surface area contributed by atoms with E-state index in [0.717, 1.165) is 12.3 Å². The molecule has 0 radical (unpaired) electrons. The fraction of sp³-hybridized carbons (Fsp3) is 1.00. The summed E-state index contributed by atoms with van der Waals surface area (Å²) in [6.07, 6.45) is 7.86. The van der Waals surface area contributed by atoms with Gasteiger partial charge in [0.1, 0.15) is 0 Å². The van der Waals surface area contributed by atoms with Gasteiger partial charge < -0.3 is 5.11 Å². The van der Waals surface area contributed by atoms with Crippen LogP contribution in [0.25, 0.3) is 0 Å². The normalized spacial score (nSPS) is 23.0. The van der Waals surface area contributed by atoms with Crippen LogP contribution >= 0.6 is 0 Å². The smallest absolute Gasteiger partial charge is 0.0565 e. The Hall–Kier alpha value is -0.0400.